The zero-order valence-electron chi connectivity index (χ0n) is 14.5. The first-order chi connectivity index (χ1) is 11.7. The van der Waals surface area contributed by atoms with Crippen molar-refractivity contribution >= 4 is 18.7 Å². The molecule has 0 N–H and O–H groups in total. The second-order valence-corrected chi connectivity index (χ2v) is 4.81. The molecular weight excluding hydrogens is 300 g/mol. The Labute approximate surface area is 143 Å². The number of aliphatic imine (C=N–C) groups is 2. The SMILES string of the molecule is CCN=Cc1ccc(C=NCC)cc1.COc1ccc(C=O)cc1. The summed E-state index contributed by atoms with van der Waals surface area (Å²) in [6, 6.07) is 15.1. The van der Waals surface area contributed by atoms with Gasteiger partial charge in [-0.1, -0.05) is 24.3 Å². The Morgan fingerprint density at radius 3 is 1.54 bits per heavy atom. The molecule has 24 heavy (non-hydrogen) atoms. The Kier molecular flexibility index (Phi) is 9.46. The van der Waals surface area contributed by atoms with Crippen molar-refractivity contribution in [3.63, 3.8) is 0 Å². The first kappa shape index (κ1) is 19.3. The predicted octanol–water partition coefficient (Wildman–Crippen LogP) is 4.07. The predicted molar refractivity (Wildman–Crippen MR) is 101 cm³/mol. The Morgan fingerprint density at radius 1 is 0.792 bits per heavy atom. The minimum Gasteiger partial charge on any atom is -0.497 e. The van der Waals surface area contributed by atoms with Gasteiger partial charge in [-0.25, -0.2) is 0 Å². The quantitative estimate of drug-likeness (QED) is 0.594. The number of carbonyl (C=O) groups is 1. The maximum Gasteiger partial charge on any atom is 0.150 e. The third-order valence-electron chi connectivity index (χ3n) is 3.03. The van der Waals surface area contributed by atoms with Gasteiger partial charge < -0.3 is 4.74 Å². The van der Waals surface area contributed by atoms with E-state index >= 15 is 0 Å². The number of benzene rings is 2. The standard InChI is InChI=1S/C12H16N2.C8H8O2/c1-3-13-9-11-5-7-12(8-6-11)10-14-4-2;1-10-8-4-2-7(6-9)3-5-8/h5-10H,3-4H2,1-2H3;2-6H,1H3. The van der Waals surface area contributed by atoms with Gasteiger partial charge in [0.1, 0.15) is 12.0 Å². The van der Waals surface area contributed by atoms with Crippen LogP contribution >= 0.6 is 0 Å². The van der Waals surface area contributed by atoms with Crippen molar-refractivity contribution in [2.24, 2.45) is 9.98 Å². The first-order valence-corrected chi connectivity index (χ1v) is 7.92. The lowest BCUT2D eigenvalue weighted by Crippen LogP contribution is -1.85. The molecule has 0 aromatic heterocycles. The average Bonchev–Trinajstić information content (AvgIpc) is 2.66. The molecular formula is C20H24N2O2. The Balaban J connectivity index is 0.000000254. The van der Waals surface area contributed by atoms with E-state index in [-0.39, 0.29) is 0 Å². The minimum absolute atomic E-state index is 0.667. The summed E-state index contributed by atoms with van der Waals surface area (Å²) in [6.45, 7) is 5.72. The van der Waals surface area contributed by atoms with Crippen LogP contribution < -0.4 is 4.74 Å². The molecule has 0 fully saturated rings. The lowest BCUT2D eigenvalue weighted by molar-refractivity contribution is 0.112. The van der Waals surface area contributed by atoms with Gasteiger partial charge in [0.15, 0.2) is 0 Å². The van der Waals surface area contributed by atoms with E-state index in [9.17, 15) is 4.79 Å². The smallest absolute Gasteiger partial charge is 0.150 e. The van der Waals surface area contributed by atoms with Gasteiger partial charge in [0.05, 0.1) is 7.11 Å². The molecule has 2 rings (SSSR count). The van der Waals surface area contributed by atoms with E-state index in [4.69, 9.17) is 4.74 Å². The Bertz CT molecular complexity index is 611. The lowest BCUT2D eigenvalue weighted by Gasteiger charge is -1.96. The highest BCUT2D eigenvalue weighted by Crippen LogP contribution is 2.09. The van der Waals surface area contributed by atoms with Gasteiger partial charge in [-0.3, -0.25) is 14.8 Å². The van der Waals surface area contributed by atoms with Gasteiger partial charge in [-0.2, -0.15) is 0 Å². The van der Waals surface area contributed by atoms with Crippen LogP contribution in [0.4, 0.5) is 0 Å². The molecule has 0 radical (unpaired) electrons. The molecule has 0 heterocycles. The minimum atomic E-state index is 0.667. The highest BCUT2D eigenvalue weighted by Gasteiger charge is 1.90. The number of hydrogen-bond donors (Lipinski definition) is 0. The van der Waals surface area contributed by atoms with Crippen molar-refractivity contribution in [3.05, 3.63) is 65.2 Å². The van der Waals surface area contributed by atoms with E-state index in [0.29, 0.717) is 5.56 Å². The van der Waals surface area contributed by atoms with Gasteiger partial charge in [-0.05, 0) is 49.2 Å². The zero-order chi connectivity index (χ0) is 17.6. The fraction of sp³-hybridized carbons (Fsp3) is 0.250. The second kappa shape index (κ2) is 11.8. The summed E-state index contributed by atoms with van der Waals surface area (Å²) in [7, 11) is 1.59. The molecule has 0 saturated heterocycles. The number of aldehydes is 1. The third-order valence-corrected chi connectivity index (χ3v) is 3.03. The maximum atomic E-state index is 10.2. The van der Waals surface area contributed by atoms with Gasteiger partial charge in [0, 0.05) is 31.1 Å². The van der Waals surface area contributed by atoms with Crippen molar-refractivity contribution in [3.8, 4) is 5.75 Å². The molecule has 0 spiro atoms. The zero-order valence-corrected chi connectivity index (χ0v) is 14.5. The van der Waals surface area contributed by atoms with Crippen LogP contribution in [-0.4, -0.2) is 38.9 Å². The molecule has 126 valence electrons. The van der Waals surface area contributed by atoms with Crippen LogP contribution in [0.25, 0.3) is 0 Å². The van der Waals surface area contributed by atoms with Crippen molar-refractivity contribution in [2.45, 2.75) is 13.8 Å². The molecule has 0 atom stereocenters. The molecule has 0 aliphatic rings. The molecule has 0 saturated carbocycles. The fourth-order valence-electron chi connectivity index (χ4n) is 1.74. The van der Waals surface area contributed by atoms with Gasteiger partial charge >= 0.3 is 0 Å². The summed E-state index contributed by atoms with van der Waals surface area (Å²) < 4.78 is 4.90. The summed E-state index contributed by atoms with van der Waals surface area (Å²) in [6.07, 6.45) is 4.58. The number of ether oxygens (including phenoxy) is 1. The summed E-state index contributed by atoms with van der Waals surface area (Å²) in [4.78, 5) is 18.5. The Morgan fingerprint density at radius 2 is 1.21 bits per heavy atom. The number of carbonyl (C=O) groups excluding carboxylic acids is 1. The molecule has 2 aromatic carbocycles. The summed E-state index contributed by atoms with van der Waals surface area (Å²) >= 11 is 0. The third kappa shape index (κ3) is 7.49. The summed E-state index contributed by atoms with van der Waals surface area (Å²) in [5.74, 6) is 0.769. The van der Waals surface area contributed by atoms with Crippen LogP contribution in [0.2, 0.25) is 0 Å². The average molecular weight is 324 g/mol. The van der Waals surface area contributed by atoms with Crippen LogP contribution in [0, 0.1) is 0 Å². The molecule has 0 amide bonds. The van der Waals surface area contributed by atoms with Gasteiger partial charge in [0.2, 0.25) is 0 Å². The van der Waals surface area contributed by atoms with Gasteiger partial charge in [0.25, 0.3) is 0 Å². The molecule has 0 aliphatic carbocycles. The molecule has 0 bridgehead atoms. The van der Waals surface area contributed by atoms with Crippen molar-refractivity contribution < 1.29 is 9.53 Å². The van der Waals surface area contributed by atoms with E-state index in [1.807, 2.05) is 26.3 Å². The monoisotopic (exact) mass is 324 g/mol. The van der Waals surface area contributed by atoms with E-state index < -0.39 is 0 Å². The topological polar surface area (TPSA) is 51.0 Å². The van der Waals surface area contributed by atoms with E-state index in [1.165, 1.54) is 0 Å². The van der Waals surface area contributed by atoms with Crippen LogP contribution in [-0.2, 0) is 0 Å². The lowest BCUT2D eigenvalue weighted by atomic mass is 10.1. The molecule has 2 aromatic rings. The van der Waals surface area contributed by atoms with Crippen LogP contribution in [0.5, 0.6) is 5.75 Å². The fourth-order valence-corrected chi connectivity index (χ4v) is 1.74. The normalized spacial score (nSPS) is 10.5. The van der Waals surface area contributed by atoms with E-state index in [0.717, 1.165) is 36.3 Å². The van der Waals surface area contributed by atoms with Crippen molar-refractivity contribution in [1.29, 1.82) is 0 Å². The summed E-state index contributed by atoms with van der Waals surface area (Å²) in [5, 5.41) is 0. The second-order valence-electron chi connectivity index (χ2n) is 4.81. The van der Waals surface area contributed by atoms with Crippen molar-refractivity contribution in [2.75, 3.05) is 20.2 Å². The van der Waals surface area contributed by atoms with Crippen LogP contribution in [0.1, 0.15) is 35.3 Å². The number of hydrogen-bond acceptors (Lipinski definition) is 4. The van der Waals surface area contributed by atoms with Crippen molar-refractivity contribution in [1.82, 2.24) is 0 Å². The first-order valence-electron chi connectivity index (χ1n) is 7.92. The number of nitrogens with zero attached hydrogens (tertiary/aromatic N) is 2. The van der Waals surface area contributed by atoms with E-state index in [2.05, 4.69) is 34.3 Å². The van der Waals surface area contributed by atoms with Crippen LogP contribution in [0.3, 0.4) is 0 Å². The molecule has 0 aliphatic heterocycles. The number of rotatable bonds is 6. The Hall–Kier alpha value is -2.75. The van der Waals surface area contributed by atoms with Gasteiger partial charge in [-0.15, -0.1) is 0 Å². The summed E-state index contributed by atoms with van der Waals surface area (Å²) in [5.41, 5.74) is 2.95. The molecule has 4 nitrogen and oxygen atoms in total. The van der Waals surface area contributed by atoms with Crippen LogP contribution in [0.15, 0.2) is 58.5 Å². The highest BCUT2D eigenvalue weighted by atomic mass is 16.5. The maximum absolute atomic E-state index is 10.2. The molecule has 0 unspecified atom stereocenters. The molecule has 4 heteroatoms. The highest BCUT2D eigenvalue weighted by molar-refractivity contribution is 5.84. The number of methoxy groups -OCH3 is 1. The largest absolute Gasteiger partial charge is 0.497 e. The van der Waals surface area contributed by atoms with E-state index in [1.54, 1.807) is 31.4 Å².